The predicted molar refractivity (Wildman–Crippen MR) is 127 cm³/mol. The van der Waals surface area contributed by atoms with Crippen molar-refractivity contribution in [2.24, 2.45) is 0 Å². The Morgan fingerprint density at radius 2 is 1.56 bits per heavy atom. The van der Waals surface area contributed by atoms with Crippen molar-refractivity contribution in [3.05, 3.63) is 46.2 Å². The third-order valence-electron chi connectivity index (χ3n) is 5.16. The highest BCUT2D eigenvalue weighted by atomic mass is 35.5. The Hall–Kier alpha value is -2.91. The summed E-state index contributed by atoms with van der Waals surface area (Å²) in [5.41, 5.74) is 13.0. The number of amides is 2. The summed E-state index contributed by atoms with van der Waals surface area (Å²) in [7, 11) is 4.22. The first kappa shape index (κ1) is 25.4. The number of hydrogen-bond donors (Lipinski definition) is 4. The molecule has 0 spiro atoms. The maximum atomic E-state index is 12.3. The van der Waals surface area contributed by atoms with Crippen molar-refractivity contribution in [2.45, 2.75) is 26.2 Å². The molecule has 0 unspecified atom stereocenters. The van der Waals surface area contributed by atoms with Crippen LogP contribution in [0.5, 0.6) is 0 Å². The molecule has 0 radical (unpaired) electrons. The van der Waals surface area contributed by atoms with Crippen molar-refractivity contribution in [1.82, 2.24) is 20.6 Å². The number of halogens is 1. The molecule has 1 aromatic carbocycles. The number of carbonyl (C=O) groups is 2. The molecule has 0 aliphatic carbocycles. The van der Waals surface area contributed by atoms with Gasteiger partial charge in [-0.25, -0.2) is 9.97 Å². The number of quaternary nitrogens is 1. The van der Waals surface area contributed by atoms with Gasteiger partial charge in [0.15, 0.2) is 22.5 Å². The van der Waals surface area contributed by atoms with Crippen molar-refractivity contribution < 1.29 is 14.1 Å². The molecule has 0 bridgehead atoms. The minimum absolute atomic E-state index is 0.00627. The fraction of sp³-hybridized carbons (Fsp3) is 0.455. The second kappa shape index (κ2) is 11.6. The van der Waals surface area contributed by atoms with Crippen molar-refractivity contribution in [2.75, 3.05) is 51.7 Å². The number of nitrogens with two attached hydrogens (primary N) is 2. The lowest BCUT2D eigenvalue weighted by atomic mass is 10.1. The van der Waals surface area contributed by atoms with Crippen molar-refractivity contribution in [3.63, 3.8) is 0 Å². The van der Waals surface area contributed by atoms with Gasteiger partial charge in [-0.1, -0.05) is 29.3 Å². The van der Waals surface area contributed by atoms with E-state index in [0.717, 1.165) is 42.4 Å². The highest BCUT2D eigenvalue weighted by Gasteiger charge is 2.18. The Morgan fingerprint density at radius 3 is 2.25 bits per heavy atom. The number of anilines is 2. The first-order valence-corrected chi connectivity index (χ1v) is 11.0. The molecule has 0 aliphatic rings. The van der Waals surface area contributed by atoms with Crippen molar-refractivity contribution in [1.29, 1.82) is 0 Å². The van der Waals surface area contributed by atoms with Gasteiger partial charge in [0.05, 0.1) is 33.7 Å². The molecule has 32 heavy (non-hydrogen) atoms. The number of aryl methyl sites for hydroxylation is 1. The summed E-state index contributed by atoms with van der Waals surface area (Å²) in [6.07, 6.45) is 2.95. The summed E-state index contributed by atoms with van der Waals surface area (Å²) in [6.45, 7) is 4.81. The van der Waals surface area contributed by atoms with Crippen LogP contribution >= 0.6 is 11.6 Å². The molecule has 0 saturated carbocycles. The Morgan fingerprint density at radius 1 is 0.906 bits per heavy atom. The van der Waals surface area contributed by atoms with Crippen LogP contribution in [-0.2, 0) is 0 Å². The van der Waals surface area contributed by atoms with Crippen molar-refractivity contribution in [3.8, 4) is 0 Å². The van der Waals surface area contributed by atoms with Gasteiger partial charge in [0.2, 0.25) is 0 Å². The van der Waals surface area contributed by atoms with E-state index >= 15 is 0 Å². The van der Waals surface area contributed by atoms with Crippen LogP contribution in [0.4, 0.5) is 11.6 Å². The number of unbranched alkanes of at least 4 members (excludes halogenated alkanes) is 2. The maximum absolute atomic E-state index is 12.3. The van der Waals surface area contributed by atoms with Gasteiger partial charge >= 0.3 is 0 Å². The molecule has 0 fully saturated rings. The lowest BCUT2D eigenvalue weighted by molar-refractivity contribution is -0.889. The van der Waals surface area contributed by atoms with E-state index < -0.39 is 5.91 Å². The van der Waals surface area contributed by atoms with Crippen LogP contribution in [0.3, 0.4) is 0 Å². The number of carbonyl (C=O) groups excluding carboxylic acids is 2. The zero-order chi connectivity index (χ0) is 23.7. The van der Waals surface area contributed by atoms with Crippen LogP contribution in [0.1, 0.15) is 45.7 Å². The second-order valence-electron chi connectivity index (χ2n) is 8.45. The number of rotatable bonds is 11. The van der Waals surface area contributed by atoms with E-state index in [1.165, 1.54) is 0 Å². The Kier molecular flexibility index (Phi) is 9.22. The van der Waals surface area contributed by atoms with E-state index in [9.17, 15) is 9.59 Å². The highest BCUT2D eigenvalue weighted by Crippen LogP contribution is 2.17. The van der Waals surface area contributed by atoms with Crippen LogP contribution in [0, 0.1) is 6.92 Å². The monoisotopic (exact) mass is 462 g/mol. The summed E-state index contributed by atoms with van der Waals surface area (Å²) in [6, 6.07) is 7.55. The summed E-state index contributed by atoms with van der Waals surface area (Å²) in [5, 5.41) is 5.72. The minimum Gasteiger partial charge on any atom is -0.382 e. The van der Waals surface area contributed by atoms with E-state index in [1.807, 2.05) is 31.2 Å². The Labute approximate surface area is 194 Å². The molecule has 6 N–H and O–H groups in total. The van der Waals surface area contributed by atoms with E-state index in [1.54, 1.807) is 0 Å². The molecule has 1 aromatic heterocycles. The van der Waals surface area contributed by atoms with Crippen LogP contribution in [0.2, 0.25) is 5.15 Å². The van der Waals surface area contributed by atoms with Crippen molar-refractivity contribution >= 4 is 35.1 Å². The highest BCUT2D eigenvalue weighted by molar-refractivity contribution is 6.31. The van der Waals surface area contributed by atoms with Gasteiger partial charge in [0.25, 0.3) is 11.8 Å². The number of hydrogen-bond acceptors (Lipinski definition) is 6. The number of nitrogens with zero attached hydrogens (tertiary/aromatic N) is 3. The fourth-order valence-corrected chi connectivity index (χ4v) is 3.25. The summed E-state index contributed by atoms with van der Waals surface area (Å²) in [5.74, 6) is -0.522. The third-order valence-corrected chi connectivity index (χ3v) is 5.44. The Bertz CT molecular complexity index is 933. The lowest BCUT2D eigenvalue weighted by Crippen LogP contribution is -2.46. The number of likely N-dealkylation sites (N-methyl/N-ethyl adjacent to an activating group) is 1. The average Bonchev–Trinajstić information content (AvgIpc) is 2.73. The van der Waals surface area contributed by atoms with Gasteiger partial charge in [-0.05, 0) is 38.3 Å². The zero-order valence-electron chi connectivity index (χ0n) is 18.9. The van der Waals surface area contributed by atoms with Gasteiger partial charge in [-0.2, -0.15) is 0 Å². The molecule has 2 rings (SSSR count). The van der Waals surface area contributed by atoms with E-state index in [2.05, 4.69) is 34.7 Å². The Balaban J connectivity index is 1.63. The van der Waals surface area contributed by atoms with E-state index in [4.69, 9.17) is 23.1 Å². The maximum Gasteiger partial charge on any atom is 0.273 e. The molecule has 2 aromatic rings. The molecule has 9 nitrogen and oxygen atoms in total. The molecule has 0 aliphatic heterocycles. The lowest BCUT2D eigenvalue weighted by Gasteiger charge is -2.30. The predicted octanol–water partition coefficient (Wildman–Crippen LogP) is 2.01. The number of aromatic nitrogens is 2. The molecule has 0 saturated heterocycles. The van der Waals surface area contributed by atoms with Gasteiger partial charge in [-0.15, -0.1) is 0 Å². The number of nitrogens with one attached hydrogen (secondary N) is 2. The average molecular weight is 463 g/mol. The van der Waals surface area contributed by atoms with Gasteiger partial charge in [0, 0.05) is 12.1 Å². The standard InChI is InChI=1S/C22H32ClN7O2/c1-15-7-9-16(10-8-15)21(31)26-11-5-4-6-13-30(2,3)14-12-27-22(32)17-19(24)29-20(25)18(23)28-17/h7-10H,4-6,11-14H2,1-3H3,(H5-,24,25,26,27,29,31,32)/p+1. The zero-order valence-corrected chi connectivity index (χ0v) is 19.7. The third kappa shape index (κ3) is 7.97. The molecule has 2 amide bonds. The van der Waals surface area contributed by atoms with E-state index in [-0.39, 0.29) is 28.4 Å². The molecule has 10 heteroatoms. The molecular weight excluding hydrogens is 430 g/mol. The SMILES string of the molecule is Cc1ccc(C(=O)NCCCCC[N+](C)(C)CCNC(=O)c2nc(Cl)c(N)nc2N)cc1. The van der Waals surface area contributed by atoms with E-state index in [0.29, 0.717) is 18.7 Å². The topological polar surface area (TPSA) is 136 Å². The van der Waals surface area contributed by atoms with Crippen LogP contribution < -0.4 is 22.1 Å². The number of nitrogen functional groups attached to an aromatic ring is 2. The smallest absolute Gasteiger partial charge is 0.273 e. The van der Waals surface area contributed by atoms with Crippen LogP contribution in [0.15, 0.2) is 24.3 Å². The largest absolute Gasteiger partial charge is 0.382 e. The molecule has 174 valence electrons. The summed E-state index contributed by atoms with van der Waals surface area (Å²) >= 11 is 5.82. The summed E-state index contributed by atoms with van der Waals surface area (Å²) < 4.78 is 0.750. The fourth-order valence-electron chi connectivity index (χ4n) is 3.13. The normalized spacial score (nSPS) is 11.2. The van der Waals surface area contributed by atoms with Crippen LogP contribution in [-0.4, -0.2) is 66.5 Å². The van der Waals surface area contributed by atoms with Gasteiger partial charge in [0.1, 0.15) is 0 Å². The second-order valence-corrected chi connectivity index (χ2v) is 8.81. The molecule has 1 heterocycles. The first-order chi connectivity index (χ1) is 15.1. The number of benzene rings is 1. The van der Waals surface area contributed by atoms with Gasteiger partial charge < -0.3 is 26.6 Å². The molecular formula is C22H33ClN7O2+. The molecule has 0 atom stereocenters. The van der Waals surface area contributed by atoms with Crippen LogP contribution in [0.25, 0.3) is 0 Å². The first-order valence-electron chi connectivity index (χ1n) is 10.6. The summed E-state index contributed by atoms with van der Waals surface area (Å²) in [4.78, 5) is 32.1. The minimum atomic E-state index is -0.429. The van der Waals surface area contributed by atoms with Gasteiger partial charge in [-0.3, -0.25) is 9.59 Å². The quantitative estimate of drug-likeness (QED) is 0.298.